The second-order valence-corrected chi connectivity index (χ2v) is 5.03. The quantitative estimate of drug-likeness (QED) is 0.913. The Kier molecular flexibility index (Phi) is 4.33. The Morgan fingerprint density at radius 1 is 1.28 bits per heavy atom. The largest absolute Gasteiger partial charge is 0.507 e. The topological polar surface area (TPSA) is 59.1 Å². The molecule has 1 heterocycles. The van der Waals surface area contributed by atoms with E-state index in [1.807, 2.05) is 30.3 Å². The van der Waals surface area contributed by atoms with Crippen molar-refractivity contribution in [3.05, 3.63) is 58.3 Å². The molecule has 0 radical (unpaired) electrons. The summed E-state index contributed by atoms with van der Waals surface area (Å²) in [5, 5.41) is 9.47. The van der Waals surface area contributed by atoms with Gasteiger partial charge in [-0.25, -0.2) is 0 Å². The monoisotopic (exact) mass is 306 g/mol. The Labute approximate surface area is 115 Å². The summed E-state index contributed by atoms with van der Waals surface area (Å²) in [6.45, 7) is 0.551. The van der Waals surface area contributed by atoms with Crippen LogP contribution in [-0.4, -0.2) is 16.6 Å². The summed E-state index contributed by atoms with van der Waals surface area (Å²) in [6, 6.07) is 11.4. The van der Waals surface area contributed by atoms with E-state index in [1.54, 1.807) is 12.3 Å². The van der Waals surface area contributed by atoms with Crippen molar-refractivity contribution in [2.75, 3.05) is 6.54 Å². The summed E-state index contributed by atoms with van der Waals surface area (Å²) in [7, 11) is 0. The Morgan fingerprint density at radius 2 is 2.11 bits per heavy atom. The van der Waals surface area contributed by atoms with E-state index in [1.165, 1.54) is 0 Å². The van der Waals surface area contributed by atoms with Gasteiger partial charge in [0.05, 0.1) is 4.47 Å². The number of nitrogens with zero attached hydrogens (tertiary/aromatic N) is 1. The maximum absolute atomic E-state index is 9.47. The Bertz CT molecular complexity index is 516. The Morgan fingerprint density at radius 3 is 2.72 bits per heavy atom. The van der Waals surface area contributed by atoms with Crippen molar-refractivity contribution in [3.8, 4) is 5.75 Å². The minimum atomic E-state index is 0.197. The van der Waals surface area contributed by atoms with E-state index in [2.05, 4.69) is 20.9 Å². The molecule has 0 aliphatic heterocycles. The van der Waals surface area contributed by atoms with Gasteiger partial charge < -0.3 is 10.8 Å². The molecule has 1 aromatic carbocycles. The molecular weight excluding hydrogens is 292 g/mol. The molecule has 0 saturated carbocycles. The fraction of sp³-hybridized carbons (Fsp3) is 0.214. The second-order valence-electron chi connectivity index (χ2n) is 4.18. The van der Waals surface area contributed by atoms with Gasteiger partial charge in [-0.15, -0.1) is 0 Å². The van der Waals surface area contributed by atoms with Gasteiger partial charge in [0.15, 0.2) is 0 Å². The van der Waals surface area contributed by atoms with Gasteiger partial charge in [0, 0.05) is 24.4 Å². The summed E-state index contributed by atoms with van der Waals surface area (Å²) in [6.07, 6.45) is 2.59. The molecule has 0 aliphatic rings. The first-order valence-electron chi connectivity index (χ1n) is 5.79. The number of nitrogens with two attached hydrogens (primary N) is 1. The molecule has 0 fully saturated rings. The molecule has 4 heteroatoms. The molecule has 0 aliphatic carbocycles. The first-order valence-corrected chi connectivity index (χ1v) is 6.58. The minimum absolute atomic E-state index is 0.197. The SMILES string of the molecule is NCC(Cc1ccc(O)c(Br)c1)c1ccccn1. The standard InChI is InChI=1S/C14H15BrN2O/c15-12-8-10(4-5-14(12)18)7-11(9-16)13-3-1-2-6-17-13/h1-6,8,11,18H,7,9,16H2. The van der Waals surface area contributed by atoms with Gasteiger partial charge in [-0.05, 0) is 52.2 Å². The van der Waals surface area contributed by atoms with Crippen LogP contribution in [0.2, 0.25) is 0 Å². The number of rotatable bonds is 4. The number of hydrogen-bond acceptors (Lipinski definition) is 3. The summed E-state index contributed by atoms with van der Waals surface area (Å²) >= 11 is 3.32. The van der Waals surface area contributed by atoms with E-state index in [9.17, 15) is 5.11 Å². The smallest absolute Gasteiger partial charge is 0.129 e. The van der Waals surface area contributed by atoms with Crippen molar-refractivity contribution in [2.45, 2.75) is 12.3 Å². The highest BCUT2D eigenvalue weighted by Gasteiger charge is 2.12. The van der Waals surface area contributed by atoms with Crippen molar-refractivity contribution < 1.29 is 5.11 Å². The third-order valence-corrected chi connectivity index (χ3v) is 3.52. The molecular formula is C14H15BrN2O. The molecule has 1 aromatic heterocycles. The van der Waals surface area contributed by atoms with Crippen molar-refractivity contribution in [2.24, 2.45) is 5.73 Å². The predicted molar refractivity (Wildman–Crippen MR) is 75.5 cm³/mol. The Balaban J connectivity index is 2.18. The van der Waals surface area contributed by atoms with Crippen LogP contribution in [0.5, 0.6) is 5.75 Å². The molecule has 3 nitrogen and oxygen atoms in total. The van der Waals surface area contributed by atoms with Crippen LogP contribution in [-0.2, 0) is 6.42 Å². The van der Waals surface area contributed by atoms with Gasteiger partial charge in [0.1, 0.15) is 5.75 Å². The first kappa shape index (κ1) is 13.1. The van der Waals surface area contributed by atoms with Crippen LogP contribution in [0, 0.1) is 0 Å². The molecule has 0 saturated heterocycles. The minimum Gasteiger partial charge on any atom is -0.507 e. The molecule has 0 bridgehead atoms. The summed E-state index contributed by atoms with van der Waals surface area (Å²) in [4.78, 5) is 4.34. The van der Waals surface area contributed by atoms with E-state index in [0.717, 1.165) is 17.7 Å². The zero-order valence-corrected chi connectivity index (χ0v) is 11.5. The lowest BCUT2D eigenvalue weighted by molar-refractivity contribution is 0.471. The van der Waals surface area contributed by atoms with Crippen LogP contribution in [0.4, 0.5) is 0 Å². The number of phenolic OH excluding ortho intramolecular Hbond substituents is 1. The van der Waals surface area contributed by atoms with E-state index >= 15 is 0 Å². The van der Waals surface area contributed by atoms with Crippen LogP contribution >= 0.6 is 15.9 Å². The second kappa shape index (κ2) is 5.98. The van der Waals surface area contributed by atoms with E-state index in [4.69, 9.17) is 5.73 Å². The molecule has 0 amide bonds. The lowest BCUT2D eigenvalue weighted by atomic mass is 9.96. The zero-order chi connectivity index (χ0) is 13.0. The van der Waals surface area contributed by atoms with E-state index in [-0.39, 0.29) is 11.7 Å². The van der Waals surface area contributed by atoms with Gasteiger partial charge in [-0.1, -0.05) is 12.1 Å². The number of aromatic nitrogens is 1. The van der Waals surface area contributed by atoms with Crippen molar-refractivity contribution in [3.63, 3.8) is 0 Å². The molecule has 3 N–H and O–H groups in total. The average molecular weight is 307 g/mol. The van der Waals surface area contributed by atoms with Gasteiger partial charge in [-0.3, -0.25) is 4.98 Å². The van der Waals surface area contributed by atoms with Crippen molar-refractivity contribution in [1.82, 2.24) is 4.98 Å². The molecule has 2 rings (SSSR count). The highest BCUT2D eigenvalue weighted by Crippen LogP contribution is 2.26. The van der Waals surface area contributed by atoms with Crippen LogP contribution in [0.15, 0.2) is 47.1 Å². The molecule has 1 unspecified atom stereocenters. The molecule has 0 spiro atoms. The van der Waals surface area contributed by atoms with Gasteiger partial charge >= 0.3 is 0 Å². The van der Waals surface area contributed by atoms with Gasteiger partial charge in [0.25, 0.3) is 0 Å². The van der Waals surface area contributed by atoms with Crippen LogP contribution in [0.3, 0.4) is 0 Å². The number of hydrogen-bond donors (Lipinski definition) is 2. The predicted octanol–water partition coefficient (Wildman–Crippen LogP) is 2.83. The average Bonchev–Trinajstić information content (AvgIpc) is 2.41. The lowest BCUT2D eigenvalue weighted by Crippen LogP contribution is -2.16. The highest BCUT2D eigenvalue weighted by atomic mass is 79.9. The number of benzene rings is 1. The number of phenols is 1. The number of aromatic hydroxyl groups is 1. The summed E-state index contributed by atoms with van der Waals surface area (Å²) in [5.41, 5.74) is 7.95. The normalized spacial score (nSPS) is 12.3. The number of pyridine rings is 1. The maximum Gasteiger partial charge on any atom is 0.129 e. The fourth-order valence-corrected chi connectivity index (χ4v) is 2.31. The van der Waals surface area contributed by atoms with Crippen LogP contribution in [0.1, 0.15) is 17.2 Å². The maximum atomic E-state index is 9.47. The zero-order valence-electron chi connectivity index (χ0n) is 9.88. The van der Waals surface area contributed by atoms with E-state index in [0.29, 0.717) is 11.0 Å². The third kappa shape index (κ3) is 3.09. The Hall–Kier alpha value is -1.39. The van der Waals surface area contributed by atoms with Crippen molar-refractivity contribution >= 4 is 15.9 Å². The first-order chi connectivity index (χ1) is 8.70. The highest BCUT2D eigenvalue weighted by molar-refractivity contribution is 9.10. The molecule has 2 aromatic rings. The molecule has 94 valence electrons. The third-order valence-electron chi connectivity index (χ3n) is 2.88. The molecule has 18 heavy (non-hydrogen) atoms. The summed E-state index contributed by atoms with van der Waals surface area (Å²) in [5.74, 6) is 0.448. The van der Waals surface area contributed by atoms with Gasteiger partial charge in [0.2, 0.25) is 0 Å². The van der Waals surface area contributed by atoms with Crippen LogP contribution in [0.25, 0.3) is 0 Å². The molecule has 1 atom stereocenters. The van der Waals surface area contributed by atoms with Crippen LogP contribution < -0.4 is 5.73 Å². The number of halogens is 1. The fourth-order valence-electron chi connectivity index (χ4n) is 1.89. The van der Waals surface area contributed by atoms with Crippen molar-refractivity contribution in [1.29, 1.82) is 0 Å². The van der Waals surface area contributed by atoms with E-state index < -0.39 is 0 Å². The lowest BCUT2D eigenvalue weighted by Gasteiger charge is -2.14. The van der Waals surface area contributed by atoms with Gasteiger partial charge in [-0.2, -0.15) is 0 Å². The summed E-state index contributed by atoms with van der Waals surface area (Å²) < 4.78 is 0.705.